The van der Waals surface area contributed by atoms with Gasteiger partial charge in [-0.2, -0.15) is 14.8 Å². The molecule has 1 aromatic carbocycles. The molecule has 25 heavy (non-hydrogen) atoms. The molecule has 0 atom stereocenters. The summed E-state index contributed by atoms with van der Waals surface area (Å²) in [6.07, 6.45) is 4.67. The highest BCUT2D eigenvalue weighted by Gasteiger charge is 2.19. The molecule has 0 radical (unpaired) electrons. The minimum Gasteiger partial charge on any atom is -0.290 e. The van der Waals surface area contributed by atoms with Crippen LogP contribution >= 0.6 is 22.9 Å². The molecule has 0 saturated carbocycles. The monoisotopic (exact) mass is 369 g/mol. The number of carbonyl (C=O) groups excluding carboxylic acids is 1. The Balaban J connectivity index is 1.68. The predicted molar refractivity (Wildman–Crippen MR) is 98.7 cm³/mol. The van der Waals surface area contributed by atoms with Crippen molar-refractivity contribution >= 4 is 44.9 Å². The van der Waals surface area contributed by atoms with Gasteiger partial charge in [0.05, 0.1) is 10.7 Å². The van der Waals surface area contributed by atoms with Gasteiger partial charge in [0, 0.05) is 22.5 Å². The number of pyridine rings is 1. The fourth-order valence-corrected chi connectivity index (χ4v) is 3.99. The van der Waals surface area contributed by atoms with E-state index in [1.807, 2.05) is 25.1 Å². The van der Waals surface area contributed by atoms with Crippen molar-refractivity contribution in [1.29, 1.82) is 0 Å². The molecule has 4 aromatic rings. The Kier molecular flexibility index (Phi) is 3.95. The number of benzene rings is 1. The molecule has 0 aliphatic heterocycles. The number of hydrogen-bond donors (Lipinski definition) is 1. The predicted octanol–water partition coefficient (Wildman–Crippen LogP) is 4.09. The van der Waals surface area contributed by atoms with Crippen LogP contribution in [0.2, 0.25) is 5.02 Å². The molecule has 0 bridgehead atoms. The van der Waals surface area contributed by atoms with E-state index in [1.165, 1.54) is 22.3 Å². The molecule has 3 heterocycles. The molecule has 0 aliphatic carbocycles. The lowest BCUT2D eigenvalue weighted by atomic mass is 10.2. The highest BCUT2D eigenvalue weighted by Crippen LogP contribution is 2.36. The van der Waals surface area contributed by atoms with Crippen LogP contribution < -0.4 is 5.32 Å². The van der Waals surface area contributed by atoms with Gasteiger partial charge in [0.1, 0.15) is 11.2 Å². The van der Waals surface area contributed by atoms with E-state index < -0.39 is 0 Å². The first-order valence-electron chi connectivity index (χ1n) is 7.44. The van der Waals surface area contributed by atoms with Crippen LogP contribution in [0.25, 0.3) is 15.8 Å². The number of amides is 1. The van der Waals surface area contributed by atoms with Gasteiger partial charge >= 0.3 is 0 Å². The van der Waals surface area contributed by atoms with Gasteiger partial charge < -0.3 is 0 Å². The minimum absolute atomic E-state index is 0.313. The van der Waals surface area contributed by atoms with Crippen LogP contribution in [0.4, 0.5) is 5.95 Å². The summed E-state index contributed by atoms with van der Waals surface area (Å²) in [5, 5.41) is 8.25. The molecule has 6 nitrogen and oxygen atoms in total. The second-order valence-corrected chi connectivity index (χ2v) is 6.83. The van der Waals surface area contributed by atoms with Crippen LogP contribution in [0.15, 0.2) is 49.1 Å². The average molecular weight is 370 g/mol. The van der Waals surface area contributed by atoms with Crippen LogP contribution in [-0.4, -0.2) is 25.7 Å². The fraction of sp³-hybridized carbons (Fsp3) is 0.0588. The first-order valence-corrected chi connectivity index (χ1v) is 8.63. The van der Waals surface area contributed by atoms with E-state index in [9.17, 15) is 4.79 Å². The molecule has 1 N–H and O–H groups in total. The molecular formula is C17H12ClN5OS. The van der Waals surface area contributed by atoms with Crippen molar-refractivity contribution in [3.8, 4) is 5.69 Å². The van der Waals surface area contributed by atoms with E-state index >= 15 is 0 Å². The third-order valence-corrected chi connectivity index (χ3v) is 5.33. The number of hydrogen-bond acceptors (Lipinski definition) is 5. The maximum absolute atomic E-state index is 12.7. The zero-order valence-electron chi connectivity index (χ0n) is 13.1. The summed E-state index contributed by atoms with van der Waals surface area (Å²) in [5.74, 6) is 0.00747. The van der Waals surface area contributed by atoms with Gasteiger partial charge in [-0.3, -0.25) is 15.1 Å². The van der Waals surface area contributed by atoms with Crippen LogP contribution in [0.3, 0.4) is 0 Å². The van der Waals surface area contributed by atoms with E-state index in [4.69, 9.17) is 11.6 Å². The first kappa shape index (κ1) is 15.7. The lowest BCUT2D eigenvalue weighted by molar-refractivity contribution is 0.102. The summed E-state index contributed by atoms with van der Waals surface area (Å²) >= 11 is 7.76. The van der Waals surface area contributed by atoms with Gasteiger partial charge in [0.25, 0.3) is 5.91 Å². The van der Waals surface area contributed by atoms with Crippen molar-refractivity contribution in [2.24, 2.45) is 0 Å². The van der Waals surface area contributed by atoms with Gasteiger partial charge in [-0.15, -0.1) is 11.3 Å². The van der Waals surface area contributed by atoms with Crippen molar-refractivity contribution in [2.75, 3.05) is 5.32 Å². The zero-order valence-corrected chi connectivity index (χ0v) is 14.7. The number of nitrogens with one attached hydrogen (secondary N) is 1. The lowest BCUT2D eigenvalue weighted by Crippen LogP contribution is -2.15. The van der Waals surface area contributed by atoms with Gasteiger partial charge in [-0.25, -0.2) is 0 Å². The van der Waals surface area contributed by atoms with Gasteiger partial charge in [0.15, 0.2) is 0 Å². The molecule has 1 amide bonds. The molecule has 0 unspecified atom stereocenters. The number of aryl methyl sites for hydroxylation is 1. The number of nitrogens with zero attached hydrogens (tertiary/aromatic N) is 4. The number of aromatic nitrogens is 4. The zero-order chi connectivity index (χ0) is 17.4. The summed E-state index contributed by atoms with van der Waals surface area (Å²) in [6, 6.07) is 9.48. The van der Waals surface area contributed by atoms with E-state index in [-0.39, 0.29) is 5.91 Å². The Morgan fingerprint density at radius 3 is 2.84 bits per heavy atom. The summed E-state index contributed by atoms with van der Waals surface area (Å²) in [6.45, 7) is 2.00. The highest BCUT2D eigenvalue weighted by atomic mass is 35.5. The van der Waals surface area contributed by atoms with E-state index in [0.29, 0.717) is 15.8 Å². The van der Waals surface area contributed by atoms with Crippen LogP contribution in [-0.2, 0) is 0 Å². The average Bonchev–Trinajstić information content (AvgIpc) is 3.20. The number of carbonyl (C=O) groups is 1. The van der Waals surface area contributed by atoms with Gasteiger partial charge in [0.2, 0.25) is 5.95 Å². The van der Waals surface area contributed by atoms with Gasteiger partial charge in [-0.05, 0) is 30.7 Å². The van der Waals surface area contributed by atoms with E-state index in [0.717, 1.165) is 21.3 Å². The first-order chi connectivity index (χ1) is 12.1. The second-order valence-electron chi connectivity index (χ2n) is 5.40. The van der Waals surface area contributed by atoms with Crippen molar-refractivity contribution in [1.82, 2.24) is 19.7 Å². The highest BCUT2D eigenvalue weighted by molar-refractivity contribution is 7.21. The van der Waals surface area contributed by atoms with Crippen LogP contribution in [0, 0.1) is 6.92 Å². The Hall–Kier alpha value is -2.77. The standard InChI is InChI=1S/C17H12ClN5OS/c1-10-2-3-12-13(8-10)25-15(14(12)18)16(24)22-17-20-9-21-23(17)11-4-6-19-7-5-11/h2-9H,1H3,(H,20,21,22,24). The third kappa shape index (κ3) is 2.88. The molecule has 124 valence electrons. The number of anilines is 1. The van der Waals surface area contributed by atoms with E-state index in [1.54, 1.807) is 24.5 Å². The third-order valence-electron chi connectivity index (χ3n) is 3.67. The molecule has 0 aliphatic rings. The number of halogens is 1. The fourth-order valence-electron chi connectivity index (χ4n) is 2.48. The second kappa shape index (κ2) is 6.27. The molecule has 0 fully saturated rings. The summed E-state index contributed by atoms with van der Waals surface area (Å²) in [4.78, 5) is 21.2. The Morgan fingerprint density at radius 1 is 1.24 bits per heavy atom. The van der Waals surface area contributed by atoms with Crippen LogP contribution in [0.1, 0.15) is 15.2 Å². The molecular weight excluding hydrogens is 358 g/mol. The Labute approximate surface area is 152 Å². The SMILES string of the molecule is Cc1ccc2c(Cl)c(C(=O)Nc3ncnn3-c3ccncc3)sc2c1. The smallest absolute Gasteiger partial charge is 0.269 e. The summed E-state index contributed by atoms with van der Waals surface area (Å²) < 4.78 is 2.51. The largest absolute Gasteiger partial charge is 0.290 e. The topological polar surface area (TPSA) is 72.7 Å². The maximum atomic E-state index is 12.7. The number of rotatable bonds is 3. The van der Waals surface area contributed by atoms with E-state index in [2.05, 4.69) is 20.4 Å². The number of fused-ring (bicyclic) bond motifs is 1. The van der Waals surface area contributed by atoms with Crippen molar-refractivity contribution < 1.29 is 4.79 Å². The number of thiophene rings is 1. The van der Waals surface area contributed by atoms with Crippen molar-refractivity contribution in [3.63, 3.8) is 0 Å². The summed E-state index contributed by atoms with van der Waals surface area (Å²) in [7, 11) is 0. The lowest BCUT2D eigenvalue weighted by Gasteiger charge is -2.06. The van der Waals surface area contributed by atoms with Crippen molar-refractivity contribution in [2.45, 2.75) is 6.92 Å². The minimum atomic E-state index is -0.313. The molecule has 8 heteroatoms. The quantitative estimate of drug-likeness (QED) is 0.590. The van der Waals surface area contributed by atoms with Crippen LogP contribution in [0.5, 0.6) is 0 Å². The Morgan fingerprint density at radius 2 is 2.04 bits per heavy atom. The molecule has 0 saturated heterocycles. The van der Waals surface area contributed by atoms with Gasteiger partial charge in [-0.1, -0.05) is 23.7 Å². The molecule has 4 rings (SSSR count). The van der Waals surface area contributed by atoms with Crippen molar-refractivity contribution in [3.05, 3.63) is 64.5 Å². The molecule has 0 spiro atoms. The maximum Gasteiger partial charge on any atom is 0.269 e. The Bertz CT molecular complexity index is 1070. The summed E-state index contributed by atoms with van der Waals surface area (Å²) in [5.41, 5.74) is 1.87. The normalized spacial score (nSPS) is 11.0. The molecule has 3 aromatic heterocycles.